The van der Waals surface area contributed by atoms with Crippen LogP contribution < -0.4 is 4.72 Å². The summed E-state index contributed by atoms with van der Waals surface area (Å²) in [4.78, 5) is 23.7. The number of ether oxygens (including phenoxy) is 1. The van der Waals surface area contributed by atoms with Gasteiger partial charge in [-0.1, -0.05) is 11.6 Å². The number of nitrogens with zero attached hydrogens (tertiary/aromatic N) is 1. The molecule has 0 aliphatic rings. The fourth-order valence-corrected chi connectivity index (χ4v) is 3.30. The molecule has 0 amide bonds. The standard InChI is InChI=1S/C16H18ClN3O6S/c1-9(19)13(7-18)14(22)8-26-16(23)15(10(2)21)20-27(24,25)12-5-3-11(17)4-6-12/h3-6,10,13,15,19-21H,8H2,1-2H3/t10-,13+,15+/m1/s1. The molecule has 0 aliphatic heterocycles. The van der Waals surface area contributed by atoms with Crippen molar-refractivity contribution in [2.75, 3.05) is 6.61 Å². The van der Waals surface area contributed by atoms with E-state index in [0.717, 1.165) is 6.92 Å². The number of nitrogens with one attached hydrogen (secondary N) is 2. The minimum atomic E-state index is -4.18. The maximum Gasteiger partial charge on any atom is 0.327 e. The van der Waals surface area contributed by atoms with E-state index in [0.29, 0.717) is 5.02 Å². The number of hydrogen-bond donors (Lipinski definition) is 3. The number of Topliss-reactive ketones (excluding diaryl/α,β-unsaturated/α-hetero) is 1. The van der Waals surface area contributed by atoms with Gasteiger partial charge in [-0.15, -0.1) is 0 Å². The lowest BCUT2D eigenvalue weighted by Crippen LogP contribution is -2.48. The van der Waals surface area contributed by atoms with Crippen LogP contribution in [0.4, 0.5) is 0 Å². The van der Waals surface area contributed by atoms with Crippen molar-refractivity contribution >= 4 is 39.1 Å². The molecule has 1 aromatic rings. The van der Waals surface area contributed by atoms with Gasteiger partial charge < -0.3 is 15.3 Å². The fourth-order valence-electron chi connectivity index (χ4n) is 1.92. The van der Waals surface area contributed by atoms with Crippen LogP contribution in [0.1, 0.15) is 13.8 Å². The molecule has 27 heavy (non-hydrogen) atoms. The first kappa shape index (κ1) is 22.7. The highest BCUT2D eigenvalue weighted by Crippen LogP contribution is 2.15. The molecule has 0 spiro atoms. The topological polar surface area (TPSA) is 157 Å². The minimum absolute atomic E-state index is 0.189. The van der Waals surface area contributed by atoms with Gasteiger partial charge in [-0.25, -0.2) is 8.42 Å². The summed E-state index contributed by atoms with van der Waals surface area (Å²) < 4.78 is 31.4. The maximum atomic E-state index is 12.3. The van der Waals surface area contributed by atoms with E-state index in [2.05, 4.69) is 0 Å². The summed E-state index contributed by atoms with van der Waals surface area (Å²) in [6.07, 6.45) is -1.47. The van der Waals surface area contributed by atoms with Gasteiger partial charge in [0.1, 0.15) is 12.0 Å². The van der Waals surface area contributed by atoms with E-state index in [1.165, 1.54) is 31.2 Å². The third-order valence-corrected chi connectivity index (χ3v) is 5.09. The fraction of sp³-hybridized carbons (Fsp3) is 0.375. The largest absolute Gasteiger partial charge is 0.456 e. The van der Waals surface area contributed by atoms with Gasteiger partial charge in [-0.3, -0.25) is 9.59 Å². The first-order valence-corrected chi connectivity index (χ1v) is 9.45. The number of carbonyl (C=O) groups is 2. The monoisotopic (exact) mass is 415 g/mol. The van der Waals surface area contributed by atoms with Crippen LogP contribution >= 0.6 is 11.6 Å². The van der Waals surface area contributed by atoms with Crippen molar-refractivity contribution in [2.45, 2.75) is 30.9 Å². The number of nitriles is 1. The second-order valence-corrected chi connectivity index (χ2v) is 7.76. The molecule has 9 nitrogen and oxygen atoms in total. The van der Waals surface area contributed by atoms with E-state index in [1.807, 2.05) is 4.72 Å². The van der Waals surface area contributed by atoms with Gasteiger partial charge in [0.25, 0.3) is 0 Å². The molecule has 3 N–H and O–H groups in total. The van der Waals surface area contributed by atoms with Crippen LogP contribution in [0, 0.1) is 22.7 Å². The Bertz CT molecular complexity index is 861. The summed E-state index contributed by atoms with van der Waals surface area (Å²) in [6, 6.07) is 5.03. The number of hydrogen-bond acceptors (Lipinski definition) is 8. The summed E-state index contributed by atoms with van der Waals surface area (Å²) in [5.74, 6) is -3.40. The molecule has 0 heterocycles. The molecular formula is C16H18ClN3O6S. The normalized spacial score (nSPS) is 14.5. The van der Waals surface area contributed by atoms with Crippen molar-refractivity contribution in [2.24, 2.45) is 5.92 Å². The van der Waals surface area contributed by atoms with E-state index in [-0.39, 0.29) is 10.6 Å². The average molecular weight is 416 g/mol. The van der Waals surface area contributed by atoms with Crippen LogP contribution in [0.25, 0.3) is 0 Å². The van der Waals surface area contributed by atoms with Crippen LogP contribution in [0.3, 0.4) is 0 Å². The van der Waals surface area contributed by atoms with Gasteiger partial charge in [-0.2, -0.15) is 9.98 Å². The number of rotatable bonds is 9. The van der Waals surface area contributed by atoms with E-state index in [9.17, 15) is 23.1 Å². The van der Waals surface area contributed by atoms with Crippen molar-refractivity contribution in [1.29, 1.82) is 10.7 Å². The van der Waals surface area contributed by atoms with Crippen molar-refractivity contribution in [3.63, 3.8) is 0 Å². The quantitative estimate of drug-likeness (QED) is 0.394. The molecule has 0 radical (unpaired) electrons. The van der Waals surface area contributed by atoms with Crippen LogP contribution in [-0.2, 0) is 24.3 Å². The molecule has 0 fully saturated rings. The molecular weight excluding hydrogens is 398 g/mol. The van der Waals surface area contributed by atoms with Crippen molar-refractivity contribution in [3.8, 4) is 6.07 Å². The lowest BCUT2D eigenvalue weighted by atomic mass is 10.0. The summed E-state index contributed by atoms with van der Waals surface area (Å²) in [5.41, 5.74) is -0.214. The molecule has 0 aliphatic carbocycles. The van der Waals surface area contributed by atoms with E-state index >= 15 is 0 Å². The lowest BCUT2D eigenvalue weighted by molar-refractivity contribution is -0.152. The van der Waals surface area contributed by atoms with E-state index < -0.39 is 46.4 Å². The average Bonchev–Trinajstić information content (AvgIpc) is 2.58. The van der Waals surface area contributed by atoms with Crippen molar-refractivity contribution in [1.82, 2.24) is 4.72 Å². The zero-order chi connectivity index (χ0) is 20.8. The molecule has 0 saturated carbocycles. The number of aliphatic hydroxyl groups excluding tert-OH is 1. The summed E-state index contributed by atoms with van der Waals surface area (Å²) in [5, 5.41) is 26.2. The Kier molecular flexibility index (Phi) is 8.05. The third-order valence-electron chi connectivity index (χ3n) is 3.38. The Labute approximate surface area is 161 Å². The maximum absolute atomic E-state index is 12.3. The van der Waals surface area contributed by atoms with Gasteiger partial charge >= 0.3 is 5.97 Å². The summed E-state index contributed by atoms with van der Waals surface area (Å²) >= 11 is 5.70. The van der Waals surface area contributed by atoms with Crippen molar-refractivity contribution < 1.29 is 27.9 Å². The summed E-state index contributed by atoms with van der Waals surface area (Å²) in [6.45, 7) is 1.59. The van der Waals surface area contributed by atoms with Gasteiger partial charge in [-0.05, 0) is 38.1 Å². The Hall–Kier alpha value is -2.32. The Balaban J connectivity index is 2.88. The Morgan fingerprint density at radius 3 is 2.37 bits per heavy atom. The van der Waals surface area contributed by atoms with Crippen LogP contribution in [0.15, 0.2) is 29.2 Å². The van der Waals surface area contributed by atoms with Crippen molar-refractivity contribution in [3.05, 3.63) is 29.3 Å². The first-order chi connectivity index (χ1) is 12.5. The zero-order valence-corrected chi connectivity index (χ0v) is 16.0. The molecule has 146 valence electrons. The second kappa shape index (κ2) is 9.57. The zero-order valence-electron chi connectivity index (χ0n) is 14.5. The predicted molar refractivity (Wildman–Crippen MR) is 95.7 cm³/mol. The van der Waals surface area contributed by atoms with Crippen LogP contribution in [0.5, 0.6) is 0 Å². The molecule has 3 atom stereocenters. The SMILES string of the molecule is CC(=N)[C@H](C#N)C(=O)COC(=O)[C@@H](NS(=O)(=O)c1ccc(Cl)cc1)[C@@H](C)O. The summed E-state index contributed by atoms with van der Waals surface area (Å²) in [7, 11) is -4.18. The number of sulfonamides is 1. The minimum Gasteiger partial charge on any atom is -0.456 e. The van der Waals surface area contributed by atoms with Crippen LogP contribution in [-0.4, -0.2) is 49.7 Å². The highest BCUT2D eigenvalue weighted by Gasteiger charge is 2.32. The van der Waals surface area contributed by atoms with E-state index in [4.69, 9.17) is 27.0 Å². The number of benzene rings is 1. The van der Waals surface area contributed by atoms with Gasteiger partial charge in [0.15, 0.2) is 12.4 Å². The Morgan fingerprint density at radius 1 is 1.37 bits per heavy atom. The highest BCUT2D eigenvalue weighted by atomic mass is 35.5. The smallest absolute Gasteiger partial charge is 0.327 e. The molecule has 0 saturated heterocycles. The van der Waals surface area contributed by atoms with E-state index in [1.54, 1.807) is 6.07 Å². The second-order valence-electron chi connectivity index (χ2n) is 5.61. The number of aliphatic hydroxyl groups is 1. The van der Waals surface area contributed by atoms with Crippen LogP contribution in [0.2, 0.25) is 5.02 Å². The Morgan fingerprint density at radius 2 is 1.93 bits per heavy atom. The number of ketones is 1. The molecule has 0 aromatic heterocycles. The molecule has 0 bridgehead atoms. The highest BCUT2D eigenvalue weighted by molar-refractivity contribution is 7.89. The van der Waals surface area contributed by atoms with Gasteiger partial charge in [0.2, 0.25) is 10.0 Å². The third kappa shape index (κ3) is 6.41. The number of halogens is 1. The van der Waals surface area contributed by atoms with Gasteiger partial charge in [0.05, 0.1) is 17.1 Å². The molecule has 0 unspecified atom stereocenters. The number of esters is 1. The lowest BCUT2D eigenvalue weighted by Gasteiger charge is -2.20. The number of carbonyl (C=O) groups excluding carboxylic acids is 2. The first-order valence-electron chi connectivity index (χ1n) is 7.59. The molecule has 11 heteroatoms. The van der Waals surface area contributed by atoms with Gasteiger partial charge in [0, 0.05) is 10.7 Å². The molecule has 1 aromatic carbocycles. The predicted octanol–water partition coefficient (Wildman–Crippen LogP) is 0.659. The molecule has 1 rings (SSSR count).